The van der Waals surface area contributed by atoms with E-state index >= 15 is 0 Å². The lowest BCUT2D eigenvalue weighted by Gasteiger charge is -2.19. The van der Waals surface area contributed by atoms with E-state index in [2.05, 4.69) is 0 Å². The molecular formula is C14H16F2O3. The number of ketones is 1. The molecule has 0 fully saturated rings. The van der Waals surface area contributed by atoms with Gasteiger partial charge in [-0.05, 0) is 38.5 Å². The topological polar surface area (TPSA) is 43.4 Å². The van der Waals surface area contributed by atoms with Crippen LogP contribution in [-0.2, 0) is 20.7 Å². The quantitative estimate of drug-likeness (QED) is 0.624. The lowest BCUT2D eigenvalue weighted by Crippen LogP contribution is -2.25. The van der Waals surface area contributed by atoms with Crippen molar-refractivity contribution < 1.29 is 23.1 Å². The predicted octanol–water partition coefficient (Wildman–Crippen LogP) is 2.81. The van der Waals surface area contributed by atoms with Crippen LogP contribution < -0.4 is 0 Å². The maximum atomic E-state index is 12.9. The van der Waals surface area contributed by atoms with Gasteiger partial charge in [-0.1, -0.05) is 0 Å². The van der Waals surface area contributed by atoms with Gasteiger partial charge in [0, 0.05) is 12.5 Å². The molecule has 19 heavy (non-hydrogen) atoms. The summed E-state index contributed by atoms with van der Waals surface area (Å²) in [6.07, 6.45) is -0.608. The molecule has 0 aromatic heterocycles. The molecule has 0 aliphatic carbocycles. The monoisotopic (exact) mass is 270 g/mol. The van der Waals surface area contributed by atoms with E-state index in [9.17, 15) is 18.4 Å². The Hall–Kier alpha value is -1.78. The van der Waals surface area contributed by atoms with E-state index < -0.39 is 35.4 Å². The van der Waals surface area contributed by atoms with Crippen molar-refractivity contribution in [3.8, 4) is 0 Å². The summed E-state index contributed by atoms with van der Waals surface area (Å²) in [5.41, 5.74) is -0.464. The van der Waals surface area contributed by atoms with Crippen molar-refractivity contribution in [1.82, 2.24) is 0 Å². The molecule has 0 atom stereocenters. The summed E-state index contributed by atoms with van der Waals surface area (Å²) in [7, 11) is 0. The fourth-order valence-electron chi connectivity index (χ4n) is 1.54. The molecule has 0 saturated heterocycles. The Bertz CT molecular complexity index is 470. The summed E-state index contributed by atoms with van der Waals surface area (Å²) in [5, 5.41) is 0. The lowest BCUT2D eigenvalue weighted by molar-refractivity contribution is -0.156. The minimum Gasteiger partial charge on any atom is -0.460 e. The zero-order valence-corrected chi connectivity index (χ0v) is 11.1. The highest BCUT2D eigenvalue weighted by molar-refractivity contribution is 5.96. The average Bonchev–Trinajstić information content (AvgIpc) is 2.10. The predicted molar refractivity (Wildman–Crippen MR) is 65.5 cm³/mol. The van der Waals surface area contributed by atoms with Crippen molar-refractivity contribution in [2.45, 2.75) is 39.2 Å². The number of esters is 1. The molecule has 1 aromatic rings. The third-order valence-electron chi connectivity index (χ3n) is 2.09. The molecule has 0 bridgehead atoms. The molecule has 0 spiro atoms. The fourth-order valence-corrected chi connectivity index (χ4v) is 1.54. The zero-order valence-electron chi connectivity index (χ0n) is 11.1. The van der Waals surface area contributed by atoms with Gasteiger partial charge in [-0.15, -0.1) is 0 Å². The van der Waals surface area contributed by atoms with Crippen LogP contribution in [0.2, 0.25) is 0 Å². The van der Waals surface area contributed by atoms with E-state index in [1.165, 1.54) is 0 Å². The first kappa shape index (κ1) is 15.3. The van der Waals surface area contributed by atoms with Crippen molar-refractivity contribution in [3.05, 3.63) is 35.4 Å². The third kappa shape index (κ3) is 6.08. The van der Waals surface area contributed by atoms with Crippen molar-refractivity contribution in [1.29, 1.82) is 0 Å². The summed E-state index contributed by atoms with van der Waals surface area (Å²) in [6, 6.07) is 2.86. The molecule has 0 radical (unpaired) electrons. The van der Waals surface area contributed by atoms with Crippen LogP contribution in [0.1, 0.15) is 32.8 Å². The van der Waals surface area contributed by atoms with Crippen LogP contribution in [0.3, 0.4) is 0 Å². The summed E-state index contributed by atoms with van der Waals surface area (Å²) in [5.74, 6) is -2.59. The molecule has 0 amide bonds. The number of carbonyl (C=O) groups excluding carboxylic acids is 2. The van der Waals surface area contributed by atoms with Crippen LogP contribution in [0, 0.1) is 11.6 Å². The molecule has 0 heterocycles. The largest absolute Gasteiger partial charge is 0.460 e. The maximum absolute atomic E-state index is 12.9. The number of benzene rings is 1. The minimum absolute atomic E-state index is 0.200. The first-order valence-corrected chi connectivity index (χ1v) is 5.84. The van der Waals surface area contributed by atoms with Crippen molar-refractivity contribution in [3.63, 3.8) is 0 Å². The summed E-state index contributed by atoms with van der Waals surface area (Å²) in [4.78, 5) is 23.0. The number of hydrogen-bond acceptors (Lipinski definition) is 3. The highest BCUT2D eigenvalue weighted by atomic mass is 19.1. The fraction of sp³-hybridized carbons (Fsp3) is 0.429. The van der Waals surface area contributed by atoms with Crippen LogP contribution >= 0.6 is 0 Å². The Labute approximate surface area is 110 Å². The van der Waals surface area contributed by atoms with E-state index in [-0.39, 0.29) is 12.0 Å². The van der Waals surface area contributed by atoms with Gasteiger partial charge in [0.1, 0.15) is 29.4 Å². The summed E-state index contributed by atoms with van der Waals surface area (Å²) >= 11 is 0. The third-order valence-corrected chi connectivity index (χ3v) is 2.09. The van der Waals surface area contributed by atoms with E-state index in [0.29, 0.717) is 0 Å². The summed E-state index contributed by atoms with van der Waals surface area (Å²) < 4.78 is 30.8. The van der Waals surface area contributed by atoms with Crippen LogP contribution in [0.15, 0.2) is 18.2 Å². The molecule has 0 N–H and O–H groups in total. The first-order chi connectivity index (χ1) is 8.65. The molecule has 3 nitrogen and oxygen atoms in total. The highest BCUT2D eigenvalue weighted by Gasteiger charge is 2.19. The number of halogens is 2. The van der Waals surface area contributed by atoms with Crippen LogP contribution in [0.4, 0.5) is 8.78 Å². The Morgan fingerprint density at radius 1 is 1.11 bits per heavy atom. The van der Waals surface area contributed by atoms with Gasteiger partial charge in [-0.3, -0.25) is 9.59 Å². The Morgan fingerprint density at radius 3 is 2.11 bits per heavy atom. The highest BCUT2D eigenvalue weighted by Crippen LogP contribution is 2.12. The number of Topliss-reactive ketones (excluding diaryl/α,β-unsaturated/α-hetero) is 1. The summed E-state index contributed by atoms with van der Waals surface area (Å²) in [6.45, 7) is 5.08. The standard InChI is InChI=1S/C14H16F2O3/c1-14(2,3)19-13(18)8-12(17)6-9-4-10(15)7-11(16)5-9/h4-5,7H,6,8H2,1-3H3. The number of carbonyl (C=O) groups is 2. The van der Waals surface area contributed by atoms with Gasteiger partial charge in [0.2, 0.25) is 0 Å². The maximum Gasteiger partial charge on any atom is 0.313 e. The van der Waals surface area contributed by atoms with Gasteiger partial charge >= 0.3 is 5.97 Å². The molecule has 1 rings (SSSR count). The number of ether oxygens (including phenoxy) is 1. The van der Waals surface area contributed by atoms with E-state index in [1.54, 1.807) is 20.8 Å². The van der Waals surface area contributed by atoms with Gasteiger partial charge in [-0.2, -0.15) is 0 Å². The smallest absolute Gasteiger partial charge is 0.313 e. The SMILES string of the molecule is CC(C)(C)OC(=O)CC(=O)Cc1cc(F)cc(F)c1. The van der Waals surface area contributed by atoms with Gasteiger partial charge in [0.15, 0.2) is 0 Å². The number of hydrogen-bond donors (Lipinski definition) is 0. The zero-order chi connectivity index (χ0) is 14.6. The minimum atomic E-state index is -0.750. The second-order valence-electron chi connectivity index (χ2n) is 5.26. The average molecular weight is 270 g/mol. The second-order valence-corrected chi connectivity index (χ2v) is 5.26. The van der Waals surface area contributed by atoms with Gasteiger partial charge < -0.3 is 4.74 Å². The van der Waals surface area contributed by atoms with Crippen LogP contribution in [0.5, 0.6) is 0 Å². The van der Waals surface area contributed by atoms with E-state index in [0.717, 1.165) is 18.2 Å². The van der Waals surface area contributed by atoms with Gasteiger partial charge in [0.25, 0.3) is 0 Å². The van der Waals surface area contributed by atoms with Gasteiger partial charge in [-0.25, -0.2) is 8.78 Å². The molecule has 0 aliphatic heterocycles. The van der Waals surface area contributed by atoms with Crippen molar-refractivity contribution >= 4 is 11.8 Å². The molecule has 0 saturated carbocycles. The Balaban J connectivity index is 2.58. The molecule has 1 aromatic carbocycles. The van der Waals surface area contributed by atoms with Crippen LogP contribution in [-0.4, -0.2) is 17.4 Å². The molecular weight excluding hydrogens is 254 g/mol. The lowest BCUT2D eigenvalue weighted by atomic mass is 10.1. The molecule has 104 valence electrons. The molecule has 0 unspecified atom stereocenters. The number of rotatable bonds is 4. The van der Waals surface area contributed by atoms with Crippen molar-refractivity contribution in [2.24, 2.45) is 0 Å². The Kier molecular flexibility index (Phi) is 4.75. The van der Waals surface area contributed by atoms with Crippen molar-refractivity contribution in [2.75, 3.05) is 0 Å². The first-order valence-electron chi connectivity index (χ1n) is 5.84. The second kappa shape index (κ2) is 5.91. The van der Waals surface area contributed by atoms with E-state index in [4.69, 9.17) is 4.74 Å². The van der Waals surface area contributed by atoms with Gasteiger partial charge in [0.05, 0.1) is 0 Å². The van der Waals surface area contributed by atoms with Crippen LogP contribution in [0.25, 0.3) is 0 Å². The molecule has 0 aliphatic rings. The van der Waals surface area contributed by atoms with E-state index in [1.807, 2.05) is 0 Å². The normalized spacial score (nSPS) is 11.2. The molecule has 5 heteroatoms. The Morgan fingerprint density at radius 2 is 1.63 bits per heavy atom.